The molecule has 0 spiro atoms. The van der Waals surface area contributed by atoms with Crippen molar-refractivity contribution < 1.29 is 54.4 Å². The standard InChI is InChI=1S/C25H49N7O11/c26-9(7-33)5-31-6-10-1-2-11(27)22(40-10)42-20-12(28)3-13(32-24(38)25(39)4-15(25)29)21(19(20)37)43-23-18(36)16(30)17(35)14(8-34)41-23/h9-23,31,33-37,39H,1-8,26-30H2,(H,32,38)/t9?,10-,11+,12-,13+,14+,15?,16-,17+,18+,19-,20?,21-,22+,23+,25?/m0/s1. The Morgan fingerprint density at radius 1 is 0.953 bits per heavy atom. The van der Waals surface area contributed by atoms with E-state index in [9.17, 15) is 30.3 Å². The number of rotatable bonds is 12. The van der Waals surface area contributed by atoms with Crippen LogP contribution >= 0.6 is 0 Å². The van der Waals surface area contributed by atoms with E-state index in [1.54, 1.807) is 0 Å². The number of carbonyl (C=O) groups is 1. The minimum absolute atomic E-state index is 0.00361. The summed E-state index contributed by atoms with van der Waals surface area (Å²) in [7, 11) is 0. The summed E-state index contributed by atoms with van der Waals surface area (Å²) in [6.45, 7) is -0.00655. The van der Waals surface area contributed by atoms with Gasteiger partial charge in [0.1, 0.15) is 36.6 Å². The van der Waals surface area contributed by atoms with Gasteiger partial charge in [0.25, 0.3) is 5.91 Å². The largest absolute Gasteiger partial charge is 0.395 e. The molecule has 4 rings (SSSR count). The number of hydrogen-bond acceptors (Lipinski definition) is 17. The lowest BCUT2D eigenvalue weighted by molar-refractivity contribution is -0.314. The number of aliphatic hydroxyl groups excluding tert-OH is 5. The molecule has 2 aliphatic carbocycles. The summed E-state index contributed by atoms with van der Waals surface area (Å²) < 4.78 is 23.7. The molecule has 250 valence electrons. The van der Waals surface area contributed by atoms with Crippen LogP contribution in [0.3, 0.4) is 0 Å². The van der Waals surface area contributed by atoms with E-state index in [0.29, 0.717) is 25.9 Å². The van der Waals surface area contributed by atoms with Crippen molar-refractivity contribution in [2.45, 2.75) is 123 Å². The van der Waals surface area contributed by atoms with Crippen LogP contribution < -0.4 is 39.3 Å². The molecular weight excluding hydrogens is 574 g/mol. The van der Waals surface area contributed by atoms with Crippen LogP contribution in [0.4, 0.5) is 0 Å². The molecule has 2 aliphatic heterocycles. The fourth-order valence-corrected chi connectivity index (χ4v) is 5.76. The maximum atomic E-state index is 12.9. The van der Waals surface area contributed by atoms with Crippen molar-refractivity contribution in [3.8, 4) is 0 Å². The Labute approximate surface area is 249 Å². The number of aliphatic hydroxyl groups is 6. The Balaban J connectivity index is 1.48. The Kier molecular flexibility index (Phi) is 11.7. The van der Waals surface area contributed by atoms with E-state index in [0.717, 1.165) is 0 Å². The third-order valence-corrected chi connectivity index (χ3v) is 8.74. The summed E-state index contributed by atoms with van der Waals surface area (Å²) in [6.07, 6.45) is -9.72. The molecule has 4 aliphatic rings. The minimum Gasteiger partial charge on any atom is -0.395 e. The lowest BCUT2D eigenvalue weighted by atomic mass is 9.83. The van der Waals surface area contributed by atoms with Gasteiger partial charge in [0.05, 0.1) is 37.4 Å². The van der Waals surface area contributed by atoms with Crippen LogP contribution in [0.15, 0.2) is 0 Å². The zero-order valence-corrected chi connectivity index (χ0v) is 23.9. The molecule has 0 aromatic rings. The van der Waals surface area contributed by atoms with Crippen molar-refractivity contribution in [1.82, 2.24) is 10.6 Å². The van der Waals surface area contributed by atoms with Crippen LogP contribution in [-0.2, 0) is 23.7 Å². The fourth-order valence-electron chi connectivity index (χ4n) is 5.76. The summed E-state index contributed by atoms with van der Waals surface area (Å²) in [6, 6.07) is -4.86. The predicted molar refractivity (Wildman–Crippen MR) is 147 cm³/mol. The molecule has 2 saturated carbocycles. The average molecular weight is 624 g/mol. The number of nitrogens with two attached hydrogens (primary N) is 5. The highest BCUT2D eigenvalue weighted by Gasteiger charge is 2.59. The van der Waals surface area contributed by atoms with E-state index in [1.807, 2.05) is 0 Å². The zero-order chi connectivity index (χ0) is 31.6. The first-order valence-electron chi connectivity index (χ1n) is 14.7. The van der Waals surface area contributed by atoms with Gasteiger partial charge in [-0.25, -0.2) is 0 Å². The highest BCUT2D eigenvalue weighted by molar-refractivity contribution is 5.89. The molecule has 18 heteroatoms. The van der Waals surface area contributed by atoms with Crippen LogP contribution in [0.25, 0.3) is 0 Å². The van der Waals surface area contributed by atoms with E-state index in [-0.39, 0.29) is 25.6 Å². The van der Waals surface area contributed by atoms with Crippen molar-refractivity contribution >= 4 is 5.91 Å². The molecule has 18 nitrogen and oxygen atoms in total. The second-order valence-corrected chi connectivity index (χ2v) is 12.2. The molecule has 18 N–H and O–H groups in total. The highest BCUT2D eigenvalue weighted by Crippen LogP contribution is 2.36. The van der Waals surface area contributed by atoms with E-state index in [1.165, 1.54) is 0 Å². The maximum Gasteiger partial charge on any atom is 0.253 e. The summed E-state index contributed by atoms with van der Waals surface area (Å²) in [5.74, 6) is -0.781. The van der Waals surface area contributed by atoms with E-state index < -0.39 is 104 Å². The molecule has 1 amide bonds. The van der Waals surface area contributed by atoms with Gasteiger partial charge < -0.3 is 88.9 Å². The van der Waals surface area contributed by atoms with Crippen molar-refractivity contribution in [2.75, 3.05) is 26.3 Å². The van der Waals surface area contributed by atoms with Crippen LogP contribution in [-0.4, -0.2) is 160 Å². The first-order chi connectivity index (χ1) is 20.3. The van der Waals surface area contributed by atoms with Crippen molar-refractivity contribution in [3.63, 3.8) is 0 Å². The number of carbonyl (C=O) groups excluding carboxylic acids is 1. The predicted octanol–water partition coefficient (Wildman–Crippen LogP) is -7.70. The molecule has 2 saturated heterocycles. The molecule has 2 heterocycles. The first-order valence-corrected chi connectivity index (χ1v) is 14.7. The minimum atomic E-state index is -1.78. The van der Waals surface area contributed by atoms with E-state index in [2.05, 4.69) is 10.6 Å². The van der Waals surface area contributed by atoms with E-state index >= 15 is 0 Å². The molecule has 4 fully saturated rings. The smallest absolute Gasteiger partial charge is 0.253 e. The van der Waals surface area contributed by atoms with Gasteiger partial charge in [0.15, 0.2) is 18.2 Å². The van der Waals surface area contributed by atoms with Crippen molar-refractivity contribution in [1.29, 1.82) is 0 Å². The molecule has 16 atom stereocenters. The third-order valence-electron chi connectivity index (χ3n) is 8.74. The second kappa shape index (κ2) is 14.5. The molecule has 0 aromatic heterocycles. The summed E-state index contributed by atoms with van der Waals surface area (Å²) in [5, 5.41) is 67.4. The Morgan fingerprint density at radius 3 is 2.26 bits per heavy atom. The number of ether oxygens (including phenoxy) is 4. The maximum absolute atomic E-state index is 12.9. The van der Waals surface area contributed by atoms with Crippen LogP contribution in [0.5, 0.6) is 0 Å². The SMILES string of the molecule is NC(CO)CNC[C@@H]1CC[C@@H](N)[C@@H](OC2[C@@H](N)C[C@@H](NC(=O)C3(O)CC3N)[C@H](O[C@H]3O[C@H](CO)[C@@H](O)[C@H](N)[C@H]3O)[C@H]2O)O1. The lowest BCUT2D eigenvalue weighted by Crippen LogP contribution is -2.69. The molecule has 0 aromatic carbocycles. The highest BCUT2D eigenvalue weighted by atomic mass is 16.7. The first kappa shape index (κ1) is 34.7. The van der Waals surface area contributed by atoms with Gasteiger partial charge in [0.2, 0.25) is 0 Å². The Hall–Kier alpha value is -1.17. The quantitative estimate of drug-likeness (QED) is 0.0959. The van der Waals surface area contributed by atoms with Crippen molar-refractivity contribution in [3.05, 3.63) is 0 Å². The Bertz CT molecular complexity index is 927. The van der Waals surface area contributed by atoms with Gasteiger partial charge in [-0.15, -0.1) is 0 Å². The topological polar surface area (TPSA) is 330 Å². The molecule has 4 unspecified atom stereocenters. The summed E-state index contributed by atoms with van der Waals surface area (Å²) in [5.41, 5.74) is 28.3. The molecule has 43 heavy (non-hydrogen) atoms. The summed E-state index contributed by atoms with van der Waals surface area (Å²) in [4.78, 5) is 12.9. The Morgan fingerprint density at radius 2 is 1.63 bits per heavy atom. The van der Waals surface area contributed by atoms with Crippen molar-refractivity contribution in [2.24, 2.45) is 28.7 Å². The zero-order valence-electron chi connectivity index (χ0n) is 23.9. The summed E-state index contributed by atoms with van der Waals surface area (Å²) >= 11 is 0. The number of hydrogen-bond donors (Lipinski definition) is 13. The van der Waals surface area contributed by atoms with Gasteiger partial charge >= 0.3 is 0 Å². The number of nitrogens with one attached hydrogen (secondary N) is 2. The fraction of sp³-hybridized carbons (Fsp3) is 0.960. The average Bonchev–Trinajstić information content (AvgIpc) is 3.61. The lowest BCUT2D eigenvalue weighted by Gasteiger charge is -2.48. The van der Waals surface area contributed by atoms with Gasteiger partial charge in [-0.3, -0.25) is 4.79 Å². The van der Waals surface area contributed by atoms with Gasteiger partial charge in [-0.2, -0.15) is 0 Å². The third kappa shape index (κ3) is 7.80. The van der Waals surface area contributed by atoms with Crippen LogP contribution in [0.1, 0.15) is 25.7 Å². The molecule has 0 bridgehead atoms. The van der Waals surface area contributed by atoms with Gasteiger partial charge in [-0.05, 0) is 19.3 Å². The van der Waals surface area contributed by atoms with Gasteiger partial charge in [-0.1, -0.05) is 0 Å². The normalized spacial score (nSPS) is 47.6. The monoisotopic (exact) mass is 623 g/mol. The second-order valence-electron chi connectivity index (χ2n) is 12.2. The van der Waals surface area contributed by atoms with Crippen LogP contribution in [0.2, 0.25) is 0 Å². The molecular formula is C25H49N7O11. The van der Waals surface area contributed by atoms with Crippen LogP contribution in [0, 0.1) is 0 Å². The van der Waals surface area contributed by atoms with E-state index in [4.69, 9.17) is 52.7 Å². The van der Waals surface area contributed by atoms with Gasteiger partial charge in [0, 0.05) is 37.6 Å². The molecule has 0 radical (unpaired) electrons. The number of amides is 1.